The molecule has 218 valence electrons. The predicted molar refractivity (Wildman–Crippen MR) is 160 cm³/mol. The molecule has 41 heavy (non-hydrogen) atoms. The molecule has 1 fully saturated rings. The number of nitrogens with one attached hydrogen (secondary N) is 1. The van der Waals surface area contributed by atoms with Crippen molar-refractivity contribution in [2.24, 2.45) is 0 Å². The molecule has 0 aliphatic heterocycles. The Labute approximate surface area is 247 Å². The number of anilines is 1. The van der Waals surface area contributed by atoms with Crippen LogP contribution in [0.4, 0.5) is 5.69 Å². The number of hydrogen-bond acceptors (Lipinski definition) is 5. The summed E-state index contributed by atoms with van der Waals surface area (Å²) in [5.74, 6) is -0.498. The van der Waals surface area contributed by atoms with Crippen molar-refractivity contribution in [1.82, 2.24) is 10.2 Å². The summed E-state index contributed by atoms with van der Waals surface area (Å²) in [6.07, 6.45) is 4.24. The number of benzene rings is 3. The summed E-state index contributed by atoms with van der Waals surface area (Å²) in [6.45, 7) is 1.33. The number of carbonyl (C=O) groups is 2. The molecular weight excluding hydrogens is 562 g/mol. The van der Waals surface area contributed by atoms with E-state index in [1.54, 1.807) is 60.7 Å². The molecular formula is C31H36ClN3O5S. The van der Waals surface area contributed by atoms with Gasteiger partial charge in [0.05, 0.1) is 17.7 Å². The van der Waals surface area contributed by atoms with Gasteiger partial charge in [0.2, 0.25) is 11.8 Å². The van der Waals surface area contributed by atoms with Crippen LogP contribution in [0.15, 0.2) is 83.8 Å². The summed E-state index contributed by atoms with van der Waals surface area (Å²) in [5.41, 5.74) is 0.873. The summed E-state index contributed by atoms with van der Waals surface area (Å²) in [6, 6.07) is 20.9. The average molecular weight is 598 g/mol. The van der Waals surface area contributed by atoms with Gasteiger partial charge >= 0.3 is 0 Å². The zero-order valence-corrected chi connectivity index (χ0v) is 24.9. The first-order chi connectivity index (χ1) is 19.8. The zero-order chi connectivity index (χ0) is 29.4. The van der Waals surface area contributed by atoms with E-state index < -0.39 is 28.5 Å². The smallest absolute Gasteiger partial charge is 0.264 e. The van der Waals surface area contributed by atoms with Crippen molar-refractivity contribution < 1.29 is 22.7 Å². The zero-order valence-electron chi connectivity index (χ0n) is 23.3. The molecule has 0 saturated heterocycles. The fraction of sp³-hybridized carbons (Fsp3) is 0.355. The van der Waals surface area contributed by atoms with Gasteiger partial charge in [-0.3, -0.25) is 13.9 Å². The number of rotatable bonds is 12. The third-order valence-electron chi connectivity index (χ3n) is 7.35. The minimum atomic E-state index is -4.19. The number of sulfonamides is 1. The van der Waals surface area contributed by atoms with Crippen LogP contribution in [0.3, 0.4) is 0 Å². The first-order valence-corrected chi connectivity index (χ1v) is 15.6. The van der Waals surface area contributed by atoms with E-state index in [2.05, 4.69) is 5.32 Å². The van der Waals surface area contributed by atoms with Crippen LogP contribution in [0.5, 0.6) is 5.75 Å². The molecule has 2 amide bonds. The Morgan fingerprint density at radius 3 is 2.27 bits per heavy atom. The maximum absolute atomic E-state index is 14.2. The van der Waals surface area contributed by atoms with E-state index in [0.717, 1.165) is 30.0 Å². The van der Waals surface area contributed by atoms with Gasteiger partial charge in [0.15, 0.2) is 0 Å². The van der Waals surface area contributed by atoms with Crippen LogP contribution in [0.25, 0.3) is 0 Å². The van der Waals surface area contributed by atoms with Crippen molar-refractivity contribution in [3.8, 4) is 5.75 Å². The highest BCUT2D eigenvalue weighted by atomic mass is 35.5. The minimum absolute atomic E-state index is 0.0300. The summed E-state index contributed by atoms with van der Waals surface area (Å²) in [4.78, 5) is 29.2. The lowest BCUT2D eigenvalue weighted by Gasteiger charge is -2.34. The molecule has 4 rings (SSSR count). The second-order valence-electron chi connectivity index (χ2n) is 10.0. The highest BCUT2D eigenvalue weighted by Gasteiger charge is 2.35. The van der Waals surface area contributed by atoms with E-state index in [1.807, 2.05) is 13.0 Å². The summed E-state index contributed by atoms with van der Waals surface area (Å²) in [5, 5.41) is 3.56. The van der Waals surface area contributed by atoms with Crippen molar-refractivity contribution in [1.29, 1.82) is 0 Å². The van der Waals surface area contributed by atoms with Gasteiger partial charge in [-0.25, -0.2) is 8.42 Å². The van der Waals surface area contributed by atoms with Crippen LogP contribution in [0, 0.1) is 0 Å². The molecule has 0 heterocycles. The number of nitrogens with zero attached hydrogens (tertiary/aromatic N) is 2. The highest BCUT2D eigenvalue weighted by molar-refractivity contribution is 7.92. The standard InChI is InChI=1S/C31H36ClN3O5S/c1-3-27(31(37)33-24-14-8-9-15-24)34(21-23-13-7-10-18-26(23)32)30(36)22-35(28-19-11-12-20-29(28)40-2)41(38,39)25-16-5-4-6-17-25/h4-7,10-13,16-20,24,27H,3,8-9,14-15,21-22H2,1-2H3,(H,33,37)/t27-/m0/s1. The number of ether oxygens (including phenoxy) is 1. The normalized spacial score (nSPS) is 14.3. The van der Waals surface area contributed by atoms with Gasteiger partial charge in [-0.2, -0.15) is 0 Å². The Hall–Kier alpha value is -3.56. The molecule has 10 heteroatoms. The monoisotopic (exact) mass is 597 g/mol. The molecule has 1 saturated carbocycles. The Balaban J connectivity index is 1.74. The van der Waals surface area contributed by atoms with Crippen LogP contribution >= 0.6 is 11.6 Å². The van der Waals surface area contributed by atoms with Gasteiger partial charge in [-0.15, -0.1) is 0 Å². The highest BCUT2D eigenvalue weighted by Crippen LogP contribution is 2.33. The molecule has 3 aromatic carbocycles. The third-order valence-corrected chi connectivity index (χ3v) is 9.49. The van der Waals surface area contributed by atoms with Gasteiger partial charge < -0.3 is 15.0 Å². The molecule has 1 N–H and O–H groups in total. The molecule has 1 atom stereocenters. The van der Waals surface area contributed by atoms with E-state index >= 15 is 0 Å². The fourth-order valence-corrected chi connectivity index (χ4v) is 6.81. The Bertz CT molecular complexity index is 1440. The second kappa shape index (κ2) is 13.9. The Kier molecular flexibility index (Phi) is 10.3. The number of hydrogen-bond donors (Lipinski definition) is 1. The van der Waals surface area contributed by atoms with E-state index in [1.165, 1.54) is 24.1 Å². The van der Waals surface area contributed by atoms with Crippen LogP contribution in [-0.4, -0.2) is 50.9 Å². The maximum atomic E-state index is 14.2. The van der Waals surface area contributed by atoms with Crippen molar-refractivity contribution >= 4 is 39.1 Å². The van der Waals surface area contributed by atoms with E-state index in [0.29, 0.717) is 22.8 Å². The van der Waals surface area contributed by atoms with Gasteiger partial charge in [0.25, 0.3) is 10.0 Å². The molecule has 0 radical (unpaired) electrons. The van der Waals surface area contributed by atoms with Crippen molar-refractivity contribution in [2.45, 2.75) is 62.6 Å². The molecule has 1 aliphatic rings. The quantitative estimate of drug-likeness (QED) is 0.301. The van der Waals surface area contributed by atoms with E-state index in [9.17, 15) is 18.0 Å². The summed E-state index contributed by atoms with van der Waals surface area (Å²) in [7, 11) is -2.75. The predicted octanol–water partition coefficient (Wildman–Crippen LogP) is 5.41. The van der Waals surface area contributed by atoms with Crippen molar-refractivity contribution in [3.63, 3.8) is 0 Å². The van der Waals surface area contributed by atoms with Gasteiger partial charge in [-0.1, -0.05) is 79.9 Å². The van der Waals surface area contributed by atoms with Crippen LogP contribution in [0.2, 0.25) is 5.02 Å². The molecule has 0 spiro atoms. The second-order valence-corrected chi connectivity index (χ2v) is 12.3. The fourth-order valence-electron chi connectivity index (χ4n) is 5.17. The molecule has 0 aromatic heterocycles. The molecule has 3 aromatic rings. The SMILES string of the molecule is CC[C@@H](C(=O)NC1CCCC1)N(Cc1ccccc1Cl)C(=O)CN(c1ccccc1OC)S(=O)(=O)c1ccccc1. The first kappa shape index (κ1) is 30.4. The summed E-state index contributed by atoms with van der Waals surface area (Å²) < 4.78 is 34.5. The first-order valence-electron chi connectivity index (χ1n) is 13.8. The largest absolute Gasteiger partial charge is 0.495 e. The average Bonchev–Trinajstić information content (AvgIpc) is 3.50. The lowest BCUT2D eigenvalue weighted by atomic mass is 10.1. The minimum Gasteiger partial charge on any atom is -0.495 e. The van der Waals surface area contributed by atoms with Gasteiger partial charge in [0.1, 0.15) is 18.3 Å². The van der Waals surface area contributed by atoms with E-state index in [4.69, 9.17) is 16.3 Å². The van der Waals surface area contributed by atoms with Gasteiger partial charge in [0, 0.05) is 17.6 Å². The Morgan fingerprint density at radius 2 is 1.61 bits per heavy atom. The summed E-state index contributed by atoms with van der Waals surface area (Å²) >= 11 is 6.47. The van der Waals surface area contributed by atoms with Crippen LogP contribution in [-0.2, 0) is 26.2 Å². The number of amides is 2. The number of para-hydroxylation sites is 2. The Morgan fingerprint density at radius 1 is 0.976 bits per heavy atom. The van der Waals surface area contributed by atoms with Crippen LogP contribution < -0.4 is 14.4 Å². The lowest BCUT2D eigenvalue weighted by Crippen LogP contribution is -2.53. The number of methoxy groups -OCH3 is 1. The third kappa shape index (κ3) is 7.21. The molecule has 1 aliphatic carbocycles. The molecule has 8 nitrogen and oxygen atoms in total. The number of carbonyl (C=O) groups excluding carboxylic acids is 2. The number of halogens is 1. The molecule has 0 bridgehead atoms. The topological polar surface area (TPSA) is 96.0 Å². The van der Waals surface area contributed by atoms with Crippen LogP contribution in [0.1, 0.15) is 44.6 Å². The lowest BCUT2D eigenvalue weighted by molar-refractivity contribution is -0.140. The van der Waals surface area contributed by atoms with Gasteiger partial charge in [-0.05, 0) is 55.2 Å². The van der Waals surface area contributed by atoms with Crippen molar-refractivity contribution in [2.75, 3.05) is 18.0 Å². The van der Waals surface area contributed by atoms with Crippen molar-refractivity contribution in [3.05, 3.63) is 89.4 Å². The maximum Gasteiger partial charge on any atom is 0.264 e. The van der Waals surface area contributed by atoms with E-state index in [-0.39, 0.29) is 29.1 Å². The molecule has 0 unspecified atom stereocenters.